The Hall–Kier alpha value is -1.05. The average molecular weight is 260 g/mol. The highest BCUT2D eigenvalue weighted by Crippen LogP contribution is 2.07. The molecule has 0 atom stereocenters. The van der Waals surface area contributed by atoms with Gasteiger partial charge in [-0.1, -0.05) is 6.07 Å². The summed E-state index contributed by atoms with van der Waals surface area (Å²) in [4.78, 5) is 23.1. The van der Waals surface area contributed by atoms with Gasteiger partial charge in [-0.15, -0.1) is 23.1 Å². The van der Waals surface area contributed by atoms with Crippen LogP contribution in [0.2, 0.25) is 0 Å². The van der Waals surface area contributed by atoms with E-state index in [1.165, 1.54) is 23.1 Å². The van der Waals surface area contributed by atoms with Gasteiger partial charge in [-0.25, -0.2) is 0 Å². The van der Waals surface area contributed by atoms with Crippen molar-refractivity contribution in [2.24, 2.45) is 0 Å². The van der Waals surface area contributed by atoms with Crippen LogP contribution in [0.1, 0.15) is 9.67 Å². The van der Waals surface area contributed by atoms with Gasteiger partial charge in [-0.3, -0.25) is 20.4 Å². The van der Waals surface area contributed by atoms with Crippen LogP contribution in [-0.4, -0.2) is 35.0 Å². The van der Waals surface area contributed by atoms with Crippen LogP contribution in [0.15, 0.2) is 17.5 Å². The third-order valence-corrected chi connectivity index (χ3v) is 3.34. The Kier molecular flexibility index (Phi) is 5.91. The van der Waals surface area contributed by atoms with Gasteiger partial charge in [0, 0.05) is 5.75 Å². The van der Waals surface area contributed by atoms with Crippen LogP contribution < -0.4 is 10.9 Å². The normalized spacial score (nSPS) is 9.81. The number of thioether (sulfide) groups is 1. The number of thiophene rings is 1. The Balaban J connectivity index is 2.19. The second kappa shape index (κ2) is 7.26. The van der Waals surface area contributed by atoms with Gasteiger partial charge < -0.3 is 5.11 Å². The molecule has 1 rings (SSSR count). The molecule has 0 radical (unpaired) electrons. The van der Waals surface area contributed by atoms with Gasteiger partial charge >= 0.3 is 0 Å². The van der Waals surface area contributed by atoms with Crippen molar-refractivity contribution in [3.8, 4) is 0 Å². The highest BCUT2D eigenvalue weighted by atomic mass is 32.2. The number of carbonyl (C=O) groups is 2. The van der Waals surface area contributed by atoms with Crippen LogP contribution in [0.3, 0.4) is 0 Å². The topological polar surface area (TPSA) is 78.4 Å². The van der Waals surface area contributed by atoms with E-state index < -0.39 is 0 Å². The predicted octanol–water partition coefficient (Wildman–Crippen LogP) is 0.235. The number of hydrogen-bond donors (Lipinski definition) is 3. The van der Waals surface area contributed by atoms with Crippen LogP contribution in [-0.2, 0) is 4.79 Å². The SMILES string of the molecule is O=C(CSCCO)NNC(=O)c1cccs1. The highest BCUT2D eigenvalue weighted by molar-refractivity contribution is 7.99. The molecule has 1 aromatic heterocycles. The number of carbonyl (C=O) groups excluding carboxylic acids is 2. The molecule has 0 unspecified atom stereocenters. The first-order chi connectivity index (χ1) is 7.74. The van der Waals surface area contributed by atoms with E-state index in [1.807, 2.05) is 0 Å². The van der Waals surface area contributed by atoms with Crippen molar-refractivity contribution in [2.75, 3.05) is 18.1 Å². The summed E-state index contributed by atoms with van der Waals surface area (Å²) in [6, 6.07) is 3.44. The first-order valence-electron chi connectivity index (χ1n) is 4.55. The van der Waals surface area contributed by atoms with Gasteiger partial charge in [0.1, 0.15) is 0 Å². The Morgan fingerprint density at radius 3 is 2.88 bits per heavy atom. The van der Waals surface area contributed by atoms with Crippen molar-refractivity contribution < 1.29 is 14.7 Å². The van der Waals surface area contributed by atoms with E-state index in [2.05, 4.69) is 10.9 Å². The molecule has 0 saturated carbocycles. The van der Waals surface area contributed by atoms with Crippen molar-refractivity contribution in [1.82, 2.24) is 10.9 Å². The second-order valence-corrected chi connectivity index (χ2v) is 4.81. The molecule has 0 bridgehead atoms. The lowest BCUT2D eigenvalue weighted by molar-refractivity contribution is -0.119. The minimum absolute atomic E-state index is 0.0412. The highest BCUT2D eigenvalue weighted by Gasteiger charge is 2.07. The fraction of sp³-hybridized carbons (Fsp3) is 0.333. The van der Waals surface area contributed by atoms with Crippen molar-refractivity contribution in [3.63, 3.8) is 0 Å². The monoisotopic (exact) mass is 260 g/mol. The van der Waals surface area contributed by atoms with Crippen molar-refractivity contribution in [3.05, 3.63) is 22.4 Å². The predicted molar refractivity (Wildman–Crippen MR) is 64.3 cm³/mol. The number of aliphatic hydroxyl groups is 1. The molecule has 0 saturated heterocycles. The molecular weight excluding hydrogens is 248 g/mol. The molecule has 88 valence electrons. The molecule has 0 aromatic carbocycles. The van der Waals surface area contributed by atoms with E-state index in [1.54, 1.807) is 17.5 Å². The third kappa shape index (κ3) is 4.65. The van der Waals surface area contributed by atoms with Crippen molar-refractivity contribution in [2.45, 2.75) is 0 Å². The minimum atomic E-state index is -0.324. The van der Waals surface area contributed by atoms with Gasteiger partial charge in [0.2, 0.25) is 5.91 Å². The summed E-state index contributed by atoms with van der Waals surface area (Å²) in [6.07, 6.45) is 0. The molecular formula is C9H12N2O3S2. The quantitative estimate of drug-likeness (QED) is 0.523. The molecule has 16 heavy (non-hydrogen) atoms. The fourth-order valence-electron chi connectivity index (χ4n) is 0.861. The number of hydrogen-bond acceptors (Lipinski definition) is 5. The molecule has 0 fully saturated rings. The largest absolute Gasteiger partial charge is 0.396 e. The van der Waals surface area contributed by atoms with Crippen LogP contribution >= 0.6 is 23.1 Å². The number of amides is 2. The van der Waals surface area contributed by atoms with Gasteiger partial charge in [0.25, 0.3) is 5.91 Å². The van der Waals surface area contributed by atoms with E-state index in [4.69, 9.17) is 5.11 Å². The average Bonchev–Trinajstić information content (AvgIpc) is 2.79. The van der Waals surface area contributed by atoms with Crippen molar-refractivity contribution >= 4 is 34.9 Å². The maximum atomic E-state index is 11.4. The molecule has 0 aliphatic rings. The van der Waals surface area contributed by atoms with E-state index in [9.17, 15) is 9.59 Å². The number of aliphatic hydroxyl groups excluding tert-OH is 1. The zero-order valence-electron chi connectivity index (χ0n) is 8.43. The standard InChI is InChI=1S/C9H12N2O3S2/c12-3-5-15-6-8(13)10-11-9(14)7-2-1-4-16-7/h1-2,4,12H,3,5-6H2,(H,10,13)(H,11,14). The Morgan fingerprint density at radius 1 is 1.44 bits per heavy atom. The lowest BCUT2D eigenvalue weighted by Gasteiger charge is -2.05. The third-order valence-electron chi connectivity index (χ3n) is 1.53. The van der Waals surface area contributed by atoms with Crippen LogP contribution in [0.5, 0.6) is 0 Å². The van der Waals surface area contributed by atoms with Crippen LogP contribution in [0.25, 0.3) is 0 Å². The van der Waals surface area contributed by atoms with Gasteiger partial charge in [-0.2, -0.15) is 0 Å². The first kappa shape index (κ1) is 13.0. The zero-order valence-corrected chi connectivity index (χ0v) is 10.1. The summed E-state index contributed by atoms with van der Waals surface area (Å²) in [5.41, 5.74) is 4.60. The molecule has 1 heterocycles. The summed E-state index contributed by atoms with van der Waals surface area (Å²) in [7, 11) is 0. The summed E-state index contributed by atoms with van der Waals surface area (Å²) in [5.74, 6) is 0.108. The molecule has 1 aromatic rings. The molecule has 5 nitrogen and oxygen atoms in total. The lowest BCUT2D eigenvalue weighted by Crippen LogP contribution is -2.42. The molecule has 2 amide bonds. The van der Waals surface area contributed by atoms with E-state index in [0.717, 1.165) is 0 Å². The minimum Gasteiger partial charge on any atom is -0.396 e. The fourth-order valence-corrected chi connectivity index (χ4v) is 2.01. The summed E-state index contributed by atoms with van der Waals surface area (Å²) in [5, 5.41) is 10.3. The zero-order chi connectivity index (χ0) is 11.8. The Bertz CT molecular complexity index is 341. The van der Waals surface area contributed by atoms with Crippen LogP contribution in [0, 0.1) is 0 Å². The number of rotatable bonds is 5. The molecule has 0 spiro atoms. The summed E-state index contributed by atoms with van der Waals surface area (Å²) >= 11 is 2.60. The number of nitrogens with one attached hydrogen (secondary N) is 2. The van der Waals surface area contributed by atoms with E-state index in [0.29, 0.717) is 10.6 Å². The summed E-state index contributed by atoms with van der Waals surface area (Å²) in [6.45, 7) is 0.0412. The maximum Gasteiger partial charge on any atom is 0.279 e. The lowest BCUT2D eigenvalue weighted by atomic mass is 10.4. The van der Waals surface area contributed by atoms with E-state index >= 15 is 0 Å². The second-order valence-electron chi connectivity index (χ2n) is 2.76. The maximum absolute atomic E-state index is 11.4. The van der Waals surface area contributed by atoms with Crippen molar-refractivity contribution in [1.29, 1.82) is 0 Å². The first-order valence-corrected chi connectivity index (χ1v) is 6.58. The Morgan fingerprint density at radius 2 is 2.25 bits per heavy atom. The number of hydrazine groups is 1. The Labute approximate surface area is 101 Å². The molecule has 3 N–H and O–H groups in total. The van der Waals surface area contributed by atoms with Gasteiger partial charge in [0.05, 0.1) is 17.2 Å². The van der Waals surface area contributed by atoms with Gasteiger partial charge in [-0.05, 0) is 11.4 Å². The van der Waals surface area contributed by atoms with E-state index in [-0.39, 0.29) is 24.2 Å². The van der Waals surface area contributed by atoms with Crippen LogP contribution in [0.4, 0.5) is 0 Å². The van der Waals surface area contributed by atoms with Gasteiger partial charge in [0.15, 0.2) is 0 Å². The summed E-state index contributed by atoms with van der Waals surface area (Å²) < 4.78 is 0. The smallest absolute Gasteiger partial charge is 0.279 e. The molecule has 7 heteroatoms. The molecule has 0 aliphatic heterocycles. The molecule has 0 aliphatic carbocycles.